The highest BCUT2D eigenvalue weighted by Gasteiger charge is 2.18. The Morgan fingerprint density at radius 1 is 1.15 bits per heavy atom. The summed E-state index contributed by atoms with van der Waals surface area (Å²) in [6.45, 7) is 0. The summed E-state index contributed by atoms with van der Waals surface area (Å²) in [6.07, 6.45) is 0. The van der Waals surface area contributed by atoms with Gasteiger partial charge in [-0.05, 0) is 42.5 Å². The van der Waals surface area contributed by atoms with Crippen LogP contribution < -0.4 is 0 Å². The van der Waals surface area contributed by atoms with E-state index in [1.165, 1.54) is 36.4 Å². The maximum Gasteiger partial charge on any atom is 0.182 e. The van der Waals surface area contributed by atoms with E-state index < -0.39 is 21.4 Å². The third kappa shape index (κ3) is 3.16. The van der Waals surface area contributed by atoms with Gasteiger partial charge in [0.25, 0.3) is 0 Å². The van der Waals surface area contributed by atoms with Gasteiger partial charge < -0.3 is 0 Å². The molecule has 0 saturated heterocycles. The molecule has 20 heavy (non-hydrogen) atoms. The van der Waals surface area contributed by atoms with Crippen LogP contribution in [0.15, 0.2) is 47.4 Å². The Bertz CT molecular complexity index is 780. The van der Waals surface area contributed by atoms with Crippen LogP contribution in [-0.4, -0.2) is 8.42 Å². The SMILES string of the molecule is N#Cc1ccc(F)c(CS(=O)(=O)c2ccc(Cl)cc2)c1. The van der Waals surface area contributed by atoms with Crippen molar-refractivity contribution in [2.75, 3.05) is 0 Å². The molecule has 0 aliphatic heterocycles. The van der Waals surface area contributed by atoms with Gasteiger partial charge in [-0.2, -0.15) is 5.26 Å². The van der Waals surface area contributed by atoms with E-state index in [0.717, 1.165) is 6.07 Å². The number of hydrogen-bond donors (Lipinski definition) is 0. The molecule has 2 aromatic rings. The molecule has 0 atom stereocenters. The molecule has 2 rings (SSSR count). The van der Waals surface area contributed by atoms with Gasteiger partial charge in [0.05, 0.1) is 22.3 Å². The number of nitriles is 1. The Morgan fingerprint density at radius 2 is 1.80 bits per heavy atom. The minimum Gasteiger partial charge on any atom is -0.223 e. The molecule has 0 fully saturated rings. The Hall–Kier alpha value is -1.90. The topological polar surface area (TPSA) is 57.9 Å². The quantitative estimate of drug-likeness (QED) is 0.874. The van der Waals surface area contributed by atoms with Crippen LogP contribution in [-0.2, 0) is 15.6 Å². The number of nitrogens with zero attached hydrogens (tertiary/aromatic N) is 1. The van der Waals surface area contributed by atoms with Gasteiger partial charge in [0.15, 0.2) is 9.84 Å². The predicted molar refractivity (Wildman–Crippen MR) is 73.5 cm³/mol. The largest absolute Gasteiger partial charge is 0.223 e. The maximum atomic E-state index is 13.6. The van der Waals surface area contributed by atoms with Crippen LogP contribution in [0.1, 0.15) is 11.1 Å². The highest BCUT2D eigenvalue weighted by Crippen LogP contribution is 2.21. The Balaban J connectivity index is 2.38. The first-order valence-electron chi connectivity index (χ1n) is 5.59. The molecule has 0 aliphatic rings. The van der Waals surface area contributed by atoms with Gasteiger partial charge in [0.2, 0.25) is 0 Å². The summed E-state index contributed by atoms with van der Waals surface area (Å²) in [6, 6.07) is 11.1. The molecule has 102 valence electrons. The Morgan fingerprint density at radius 3 is 2.40 bits per heavy atom. The van der Waals surface area contributed by atoms with E-state index in [0.29, 0.717) is 5.02 Å². The minimum absolute atomic E-state index is 0.0287. The molecule has 0 unspecified atom stereocenters. The standard InChI is InChI=1S/C14H9ClFNO2S/c15-12-2-4-13(5-3-12)20(18,19)9-11-7-10(8-17)1-6-14(11)16/h1-7H,9H2. The van der Waals surface area contributed by atoms with Crippen molar-refractivity contribution in [2.45, 2.75) is 10.6 Å². The molecule has 0 amide bonds. The maximum absolute atomic E-state index is 13.6. The molecule has 0 aromatic heterocycles. The van der Waals surface area contributed by atoms with Crippen molar-refractivity contribution in [1.29, 1.82) is 5.26 Å². The fraction of sp³-hybridized carbons (Fsp3) is 0.0714. The predicted octanol–water partition coefficient (Wildman–Crippen LogP) is 3.32. The average Bonchev–Trinajstić information content (AvgIpc) is 2.41. The fourth-order valence-electron chi connectivity index (χ4n) is 1.68. The number of halogens is 2. The summed E-state index contributed by atoms with van der Waals surface area (Å²) in [7, 11) is -3.69. The van der Waals surface area contributed by atoms with E-state index in [2.05, 4.69) is 0 Å². The highest BCUT2D eigenvalue weighted by molar-refractivity contribution is 7.90. The van der Waals surface area contributed by atoms with Crippen molar-refractivity contribution < 1.29 is 12.8 Å². The van der Waals surface area contributed by atoms with Crippen molar-refractivity contribution in [3.05, 3.63) is 64.4 Å². The zero-order valence-electron chi connectivity index (χ0n) is 10.2. The van der Waals surface area contributed by atoms with Crippen LogP contribution in [0.2, 0.25) is 5.02 Å². The second-order valence-electron chi connectivity index (χ2n) is 4.13. The van der Waals surface area contributed by atoms with Crippen LogP contribution in [0.25, 0.3) is 0 Å². The van der Waals surface area contributed by atoms with Gasteiger partial charge >= 0.3 is 0 Å². The van der Waals surface area contributed by atoms with Crippen molar-refractivity contribution in [1.82, 2.24) is 0 Å². The molecule has 0 aliphatic carbocycles. The normalized spacial score (nSPS) is 11.1. The lowest BCUT2D eigenvalue weighted by atomic mass is 10.1. The van der Waals surface area contributed by atoms with Gasteiger partial charge in [-0.1, -0.05) is 11.6 Å². The molecule has 0 N–H and O–H groups in total. The van der Waals surface area contributed by atoms with Gasteiger partial charge in [0, 0.05) is 10.6 Å². The summed E-state index contributed by atoms with van der Waals surface area (Å²) in [5, 5.41) is 9.18. The average molecular weight is 310 g/mol. The van der Waals surface area contributed by atoms with Crippen LogP contribution in [0.4, 0.5) is 4.39 Å². The van der Waals surface area contributed by atoms with Crippen LogP contribution >= 0.6 is 11.6 Å². The number of rotatable bonds is 3. The second-order valence-corrected chi connectivity index (χ2v) is 6.56. The molecular weight excluding hydrogens is 301 g/mol. The van der Waals surface area contributed by atoms with E-state index in [-0.39, 0.29) is 16.0 Å². The molecule has 6 heteroatoms. The smallest absolute Gasteiger partial charge is 0.182 e. The van der Waals surface area contributed by atoms with E-state index in [1.54, 1.807) is 0 Å². The fourth-order valence-corrected chi connectivity index (χ4v) is 3.16. The zero-order valence-corrected chi connectivity index (χ0v) is 11.7. The third-order valence-electron chi connectivity index (χ3n) is 2.69. The number of sulfone groups is 1. The summed E-state index contributed by atoms with van der Waals surface area (Å²) in [5.41, 5.74) is 0.187. The monoisotopic (exact) mass is 309 g/mol. The zero-order chi connectivity index (χ0) is 14.8. The summed E-state index contributed by atoms with van der Waals surface area (Å²) < 4.78 is 38.0. The summed E-state index contributed by atoms with van der Waals surface area (Å²) in [4.78, 5) is 0.0589. The minimum atomic E-state index is -3.69. The lowest BCUT2D eigenvalue weighted by Gasteiger charge is -2.06. The molecular formula is C14H9ClFNO2S. The van der Waals surface area contributed by atoms with Gasteiger partial charge in [-0.3, -0.25) is 0 Å². The molecule has 2 aromatic carbocycles. The van der Waals surface area contributed by atoms with Crippen molar-refractivity contribution in [3.8, 4) is 6.07 Å². The van der Waals surface area contributed by atoms with E-state index in [4.69, 9.17) is 16.9 Å². The van der Waals surface area contributed by atoms with Gasteiger partial charge in [0.1, 0.15) is 5.82 Å². The lowest BCUT2D eigenvalue weighted by molar-refractivity contribution is 0.587. The van der Waals surface area contributed by atoms with Gasteiger partial charge in [-0.25, -0.2) is 12.8 Å². The second kappa shape index (κ2) is 5.61. The van der Waals surface area contributed by atoms with E-state index >= 15 is 0 Å². The van der Waals surface area contributed by atoms with Crippen molar-refractivity contribution >= 4 is 21.4 Å². The molecule has 0 spiro atoms. The number of hydrogen-bond acceptors (Lipinski definition) is 3. The van der Waals surface area contributed by atoms with E-state index in [9.17, 15) is 12.8 Å². The third-order valence-corrected chi connectivity index (χ3v) is 4.63. The van der Waals surface area contributed by atoms with Gasteiger partial charge in [-0.15, -0.1) is 0 Å². The highest BCUT2D eigenvalue weighted by atomic mass is 35.5. The molecule has 0 radical (unpaired) electrons. The van der Waals surface area contributed by atoms with Crippen LogP contribution in [0, 0.1) is 17.1 Å². The Labute approximate surface area is 121 Å². The first kappa shape index (κ1) is 14.5. The number of benzene rings is 2. The Kier molecular flexibility index (Phi) is 4.07. The summed E-state index contributed by atoms with van der Waals surface area (Å²) in [5.74, 6) is -1.16. The van der Waals surface area contributed by atoms with Crippen LogP contribution in [0.3, 0.4) is 0 Å². The molecule has 0 bridgehead atoms. The van der Waals surface area contributed by atoms with Crippen molar-refractivity contribution in [3.63, 3.8) is 0 Å². The molecule has 3 nitrogen and oxygen atoms in total. The van der Waals surface area contributed by atoms with E-state index in [1.807, 2.05) is 6.07 Å². The lowest BCUT2D eigenvalue weighted by Crippen LogP contribution is -2.06. The first-order valence-corrected chi connectivity index (χ1v) is 7.62. The summed E-state index contributed by atoms with van der Waals surface area (Å²) >= 11 is 5.70. The van der Waals surface area contributed by atoms with Crippen molar-refractivity contribution in [2.24, 2.45) is 0 Å². The van der Waals surface area contributed by atoms with Crippen LogP contribution in [0.5, 0.6) is 0 Å². The molecule has 0 saturated carbocycles. The first-order chi connectivity index (χ1) is 9.42. The molecule has 0 heterocycles.